The van der Waals surface area contributed by atoms with Crippen molar-refractivity contribution in [3.8, 4) is 0 Å². The van der Waals surface area contributed by atoms with Crippen LogP contribution in [0.2, 0.25) is 0 Å². The highest BCUT2D eigenvalue weighted by Crippen LogP contribution is 2.35. The molecule has 1 unspecified atom stereocenters. The van der Waals surface area contributed by atoms with Gasteiger partial charge in [-0.15, -0.1) is 0 Å². The number of rotatable bonds is 0. The van der Waals surface area contributed by atoms with Crippen molar-refractivity contribution in [1.29, 1.82) is 0 Å². The van der Waals surface area contributed by atoms with Gasteiger partial charge in [0.05, 0.1) is 0 Å². The van der Waals surface area contributed by atoms with Crippen LogP contribution in [0.15, 0.2) is 0 Å². The minimum atomic E-state index is -0.755. The van der Waals surface area contributed by atoms with Crippen molar-refractivity contribution < 1.29 is 9.90 Å². The number of carbonyl (C=O) groups excluding carboxylic acids is 1. The van der Waals surface area contributed by atoms with Gasteiger partial charge in [-0.25, -0.2) is 0 Å². The van der Waals surface area contributed by atoms with Gasteiger partial charge in [-0.3, -0.25) is 4.79 Å². The first-order valence-corrected chi connectivity index (χ1v) is 4.25. The molecule has 1 N–H and O–H groups in total. The predicted octanol–water partition coefficient (Wildman–Crippen LogP) is 0.481. The van der Waals surface area contributed by atoms with E-state index in [1.54, 1.807) is 4.90 Å². The highest BCUT2D eigenvalue weighted by Gasteiger charge is 2.43. The van der Waals surface area contributed by atoms with Crippen molar-refractivity contribution in [2.75, 3.05) is 6.54 Å². The molecule has 0 radical (unpaired) electrons. The lowest BCUT2D eigenvalue weighted by Gasteiger charge is -2.37. The molecular formula is C8H13NO2. The average molecular weight is 155 g/mol. The second kappa shape index (κ2) is 2.21. The molecule has 2 saturated heterocycles. The molecule has 62 valence electrons. The molecule has 3 heteroatoms. The van der Waals surface area contributed by atoms with Crippen LogP contribution in [0.25, 0.3) is 0 Å². The third-order valence-electron chi connectivity index (χ3n) is 2.73. The number of hydrogen-bond acceptors (Lipinski definition) is 2. The fourth-order valence-electron chi connectivity index (χ4n) is 2.14. The Morgan fingerprint density at radius 3 is 2.82 bits per heavy atom. The summed E-state index contributed by atoms with van der Waals surface area (Å²) in [4.78, 5) is 12.9. The van der Waals surface area contributed by atoms with Gasteiger partial charge in [0.2, 0.25) is 5.91 Å². The normalized spacial score (nSPS) is 37.5. The smallest absolute Gasteiger partial charge is 0.224 e. The van der Waals surface area contributed by atoms with Gasteiger partial charge in [-0.1, -0.05) is 0 Å². The topological polar surface area (TPSA) is 40.5 Å². The molecule has 0 aromatic carbocycles. The minimum Gasteiger partial charge on any atom is -0.371 e. The summed E-state index contributed by atoms with van der Waals surface area (Å²) < 4.78 is 0. The Labute approximate surface area is 66.0 Å². The molecule has 11 heavy (non-hydrogen) atoms. The number of carbonyl (C=O) groups is 1. The summed E-state index contributed by atoms with van der Waals surface area (Å²) in [5, 5.41) is 9.89. The van der Waals surface area contributed by atoms with E-state index in [0.29, 0.717) is 6.42 Å². The number of hydrogen-bond donors (Lipinski definition) is 1. The van der Waals surface area contributed by atoms with Crippen molar-refractivity contribution in [3.05, 3.63) is 0 Å². The first-order valence-electron chi connectivity index (χ1n) is 4.25. The molecule has 2 aliphatic heterocycles. The van der Waals surface area contributed by atoms with E-state index in [-0.39, 0.29) is 5.91 Å². The fourth-order valence-corrected chi connectivity index (χ4v) is 2.14. The molecule has 2 rings (SSSR count). The van der Waals surface area contributed by atoms with E-state index in [4.69, 9.17) is 0 Å². The van der Waals surface area contributed by atoms with Gasteiger partial charge < -0.3 is 10.0 Å². The molecule has 2 heterocycles. The van der Waals surface area contributed by atoms with E-state index in [9.17, 15) is 9.90 Å². The highest BCUT2D eigenvalue weighted by molar-refractivity contribution is 5.78. The van der Waals surface area contributed by atoms with Gasteiger partial charge in [-0.2, -0.15) is 0 Å². The molecule has 0 saturated carbocycles. The maximum Gasteiger partial charge on any atom is 0.224 e. The molecular weight excluding hydrogens is 142 g/mol. The fraction of sp³-hybridized carbons (Fsp3) is 0.875. The first-order chi connectivity index (χ1) is 5.22. The van der Waals surface area contributed by atoms with Crippen LogP contribution >= 0.6 is 0 Å². The van der Waals surface area contributed by atoms with Crippen LogP contribution in [0.1, 0.15) is 32.1 Å². The molecule has 0 aliphatic carbocycles. The van der Waals surface area contributed by atoms with E-state index in [1.165, 1.54) is 0 Å². The van der Waals surface area contributed by atoms with Crippen LogP contribution in [-0.2, 0) is 4.79 Å². The summed E-state index contributed by atoms with van der Waals surface area (Å²) >= 11 is 0. The monoisotopic (exact) mass is 155 g/mol. The quantitative estimate of drug-likeness (QED) is 0.552. The number of amides is 1. The zero-order valence-corrected chi connectivity index (χ0v) is 6.55. The Morgan fingerprint density at radius 2 is 2.09 bits per heavy atom. The van der Waals surface area contributed by atoms with E-state index >= 15 is 0 Å². The van der Waals surface area contributed by atoms with Gasteiger partial charge in [0.25, 0.3) is 0 Å². The summed E-state index contributed by atoms with van der Waals surface area (Å²) in [6, 6.07) is 0. The SMILES string of the molecule is O=C1CCCC2(O)CCCN12. The lowest BCUT2D eigenvalue weighted by atomic mass is 9.98. The molecule has 1 amide bonds. The van der Waals surface area contributed by atoms with E-state index in [0.717, 1.165) is 32.2 Å². The van der Waals surface area contributed by atoms with Gasteiger partial charge >= 0.3 is 0 Å². The maximum absolute atomic E-state index is 11.2. The van der Waals surface area contributed by atoms with E-state index < -0.39 is 5.72 Å². The summed E-state index contributed by atoms with van der Waals surface area (Å²) in [5.41, 5.74) is -0.755. The average Bonchev–Trinajstić information content (AvgIpc) is 2.31. The van der Waals surface area contributed by atoms with E-state index in [1.807, 2.05) is 0 Å². The second-order valence-corrected chi connectivity index (χ2v) is 3.48. The summed E-state index contributed by atoms with van der Waals surface area (Å²) in [5.74, 6) is 0.135. The number of fused-ring (bicyclic) bond motifs is 1. The number of piperidine rings is 1. The Hall–Kier alpha value is -0.570. The van der Waals surface area contributed by atoms with Gasteiger partial charge in [0.1, 0.15) is 5.72 Å². The predicted molar refractivity (Wildman–Crippen MR) is 39.7 cm³/mol. The van der Waals surface area contributed by atoms with Crippen molar-refractivity contribution in [3.63, 3.8) is 0 Å². The molecule has 0 bridgehead atoms. The molecule has 0 spiro atoms. The van der Waals surface area contributed by atoms with Crippen LogP contribution in [0.4, 0.5) is 0 Å². The summed E-state index contributed by atoms with van der Waals surface area (Å²) in [6.45, 7) is 0.759. The minimum absolute atomic E-state index is 0.135. The van der Waals surface area contributed by atoms with Crippen LogP contribution in [-0.4, -0.2) is 28.2 Å². The van der Waals surface area contributed by atoms with Crippen molar-refractivity contribution in [1.82, 2.24) is 4.90 Å². The largest absolute Gasteiger partial charge is 0.371 e. The van der Waals surface area contributed by atoms with Gasteiger partial charge in [0.15, 0.2) is 0 Å². The molecule has 2 aliphatic rings. The zero-order chi connectivity index (χ0) is 7.90. The van der Waals surface area contributed by atoms with Crippen LogP contribution < -0.4 is 0 Å². The maximum atomic E-state index is 11.2. The Kier molecular flexibility index (Phi) is 1.42. The van der Waals surface area contributed by atoms with Gasteiger partial charge in [0, 0.05) is 13.0 Å². The highest BCUT2D eigenvalue weighted by atomic mass is 16.3. The zero-order valence-electron chi connectivity index (χ0n) is 6.55. The lowest BCUT2D eigenvalue weighted by molar-refractivity contribution is -0.160. The van der Waals surface area contributed by atoms with Gasteiger partial charge in [-0.05, 0) is 25.7 Å². The van der Waals surface area contributed by atoms with E-state index in [2.05, 4.69) is 0 Å². The molecule has 0 aromatic heterocycles. The van der Waals surface area contributed by atoms with Crippen molar-refractivity contribution >= 4 is 5.91 Å². The molecule has 0 aromatic rings. The third kappa shape index (κ3) is 0.948. The second-order valence-electron chi connectivity index (χ2n) is 3.48. The van der Waals surface area contributed by atoms with Crippen LogP contribution in [0.3, 0.4) is 0 Å². The Bertz CT molecular complexity index is 193. The summed E-state index contributed by atoms with van der Waals surface area (Å²) in [6.07, 6.45) is 3.99. The first kappa shape index (κ1) is 7.10. The third-order valence-corrected chi connectivity index (χ3v) is 2.73. The molecule has 1 atom stereocenters. The lowest BCUT2D eigenvalue weighted by Crippen LogP contribution is -2.50. The van der Waals surface area contributed by atoms with Crippen molar-refractivity contribution in [2.45, 2.75) is 37.8 Å². The van der Waals surface area contributed by atoms with Crippen LogP contribution in [0, 0.1) is 0 Å². The summed E-state index contributed by atoms with van der Waals surface area (Å²) in [7, 11) is 0. The van der Waals surface area contributed by atoms with Crippen molar-refractivity contribution in [2.24, 2.45) is 0 Å². The Morgan fingerprint density at radius 1 is 1.36 bits per heavy atom. The number of nitrogens with zero attached hydrogens (tertiary/aromatic N) is 1. The molecule has 3 nitrogen and oxygen atoms in total. The molecule has 2 fully saturated rings. The Balaban J connectivity index is 2.22. The van der Waals surface area contributed by atoms with Crippen LogP contribution in [0.5, 0.6) is 0 Å². The standard InChI is InChI=1S/C8H13NO2/c10-7-3-1-4-8(11)5-2-6-9(7)8/h11H,1-6H2. The number of aliphatic hydroxyl groups is 1.